The van der Waals surface area contributed by atoms with Crippen molar-refractivity contribution in [3.63, 3.8) is 0 Å². The highest BCUT2D eigenvalue weighted by Gasteiger charge is 2.27. The van der Waals surface area contributed by atoms with Crippen molar-refractivity contribution in [2.45, 2.75) is 11.4 Å². The number of hydrogen-bond acceptors (Lipinski definition) is 4. The first-order chi connectivity index (χ1) is 9.96. The summed E-state index contributed by atoms with van der Waals surface area (Å²) in [6, 6.07) is 1.99. The summed E-state index contributed by atoms with van der Waals surface area (Å²) in [6.07, 6.45) is 8.28. The fraction of sp³-hybridized carbons (Fsp3) is 0.467. The van der Waals surface area contributed by atoms with Gasteiger partial charge in [0.2, 0.25) is 0 Å². The normalized spacial score (nSPS) is 22.0. The van der Waals surface area contributed by atoms with E-state index in [0.717, 1.165) is 16.8 Å². The Kier molecular flexibility index (Phi) is 5.11. The van der Waals surface area contributed by atoms with Crippen LogP contribution in [0.1, 0.15) is 12.0 Å². The Hall–Kier alpha value is -1.27. The summed E-state index contributed by atoms with van der Waals surface area (Å²) >= 11 is 6.28. The smallest absolute Gasteiger partial charge is 0.114 e. The van der Waals surface area contributed by atoms with Crippen LogP contribution >= 0.6 is 11.6 Å². The van der Waals surface area contributed by atoms with Gasteiger partial charge >= 0.3 is 0 Å². The number of aryl methyl sites for hydroxylation is 1. The summed E-state index contributed by atoms with van der Waals surface area (Å²) in [5.74, 6) is 0. The summed E-state index contributed by atoms with van der Waals surface area (Å²) in [5.41, 5.74) is 8.94. The minimum Gasteiger partial charge on any atom is -0.395 e. The number of hydrogen-bond donors (Lipinski definition) is 3. The standard InChI is InChI=1S/C15H22ClN3O2/c1-18-5-3-12(11-18)13-10-15(16,17)4-2-14(13)19(6-8-20)7-9-21/h2-3,5,10-11,20-21H,4,6-9,17H2,1H3. The van der Waals surface area contributed by atoms with Gasteiger partial charge in [0.15, 0.2) is 0 Å². The predicted octanol–water partition coefficient (Wildman–Crippen LogP) is 0.877. The first-order valence-electron chi connectivity index (χ1n) is 6.97. The third kappa shape index (κ3) is 3.89. The Morgan fingerprint density at radius 1 is 1.38 bits per heavy atom. The summed E-state index contributed by atoms with van der Waals surface area (Å²) in [5, 5.41) is 18.5. The molecule has 0 saturated heterocycles. The molecule has 4 N–H and O–H groups in total. The quantitative estimate of drug-likeness (QED) is 0.538. The van der Waals surface area contributed by atoms with Crippen LogP contribution in [0.5, 0.6) is 0 Å². The van der Waals surface area contributed by atoms with Crippen molar-refractivity contribution in [2.75, 3.05) is 26.3 Å². The molecule has 2 rings (SSSR count). The molecule has 0 amide bonds. The van der Waals surface area contributed by atoms with Crippen LogP contribution in [0.25, 0.3) is 5.57 Å². The van der Waals surface area contributed by atoms with Crippen molar-refractivity contribution in [3.8, 4) is 0 Å². The van der Waals surface area contributed by atoms with Gasteiger partial charge in [0, 0.05) is 55.8 Å². The van der Waals surface area contributed by atoms with E-state index >= 15 is 0 Å². The summed E-state index contributed by atoms with van der Waals surface area (Å²) < 4.78 is 1.96. The molecule has 1 unspecified atom stereocenters. The first-order valence-corrected chi connectivity index (χ1v) is 7.35. The fourth-order valence-corrected chi connectivity index (χ4v) is 2.71. The van der Waals surface area contributed by atoms with Crippen LogP contribution in [-0.4, -0.2) is 51.0 Å². The molecule has 0 spiro atoms. The van der Waals surface area contributed by atoms with Crippen molar-refractivity contribution >= 4 is 17.2 Å². The van der Waals surface area contributed by atoms with Gasteiger partial charge in [0.1, 0.15) is 5.00 Å². The highest BCUT2D eigenvalue weighted by atomic mass is 35.5. The molecule has 0 aliphatic heterocycles. The zero-order chi connectivity index (χ0) is 15.5. The molecule has 5 nitrogen and oxygen atoms in total. The van der Waals surface area contributed by atoms with Crippen LogP contribution in [0, 0.1) is 0 Å². The second-order valence-corrected chi connectivity index (χ2v) is 5.98. The van der Waals surface area contributed by atoms with E-state index in [0.29, 0.717) is 19.5 Å². The largest absolute Gasteiger partial charge is 0.395 e. The number of aliphatic hydroxyl groups is 2. The molecule has 1 atom stereocenters. The molecule has 1 aromatic rings. The SMILES string of the molecule is Cn1ccc(C2=CC(N)(Cl)CC=C2N(CCO)CCO)c1. The van der Waals surface area contributed by atoms with Crippen molar-refractivity contribution in [1.82, 2.24) is 9.47 Å². The lowest BCUT2D eigenvalue weighted by Crippen LogP contribution is -2.36. The van der Waals surface area contributed by atoms with Gasteiger partial charge in [-0.25, -0.2) is 0 Å². The van der Waals surface area contributed by atoms with E-state index in [1.807, 2.05) is 47.1 Å². The zero-order valence-corrected chi connectivity index (χ0v) is 12.9. The Bertz CT molecular complexity index is 543. The molecular weight excluding hydrogens is 290 g/mol. The summed E-state index contributed by atoms with van der Waals surface area (Å²) in [4.78, 5) is 1.05. The molecule has 116 valence electrons. The van der Waals surface area contributed by atoms with E-state index in [-0.39, 0.29) is 13.2 Å². The van der Waals surface area contributed by atoms with Gasteiger partial charge < -0.3 is 25.4 Å². The lowest BCUT2D eigenvalue weighted by atomic mass is 9.94. The molecule has 21 heavy (non-hydrogen) atoms. The van der Waals surface area contributed by atoms with Gasteiger partial charge in [0.05, 0.1) is 13.2 Å². The minimum absolute atomic E-state index is 0.0219. The number of aromatic nitrogens is 1. The van der Waals surface area contributed by atoms with Crippen LogP contribution in [0.2, 0.25) is 0 Å². The average molecular weight is 312 g/mol. The maximum atomic E-state index is 9.23. The second kappa shape index (κ2) is 6.66. The van der Waals surface area contributed by atoms with Crippen molar-refractivity contribution in [1.29, 1.82) is 0 Å². The number of nitrogens with zero attached hydrogens (tertiary/aromatic N) is 2. The monoisotopic (exact) mass is 311 g/mol. The number of alkyl halides is 1. The highest BCUT2D eigenvalue weighted by Crippen LogP contribution is 2.35. The van der Waals surface area contributed by atoms with Gasteiger partial charge in [-0.05, 0) is 12.1 Å². The fourth-order valence-electron chi connectivity index (χ4n) is 2.52. The number of rotatable bonds is 6. The maximum Gasteiger partial charge on any atom is 0.114 e. The van der Waals surface area contributed by atoms with Crippen LogP contribution in [-0.2, 0) is 7.05 Å². The lowest BCUT2D eigenvalue weighted by molar-refractivity contribution is 0.192. The lowest BCUT2D eigenvalue weighted by Gasteiger charge is -2.33. The van der Waals surface area contributed by atoms with Gasteiger partial charge in [-0.3, -0.25) is 0 Å². The molecule has 0 saturated carbocycles. The third-order valence-electron chi connectivity index (χ3n) is 3.49. The van der Waals surface area contributed by atoms with Crippen molar-refractivity contribution in [2.24, 2.45) is 12.8 Å². The number of halogens is 1. The van der Waals surface area contributed by atoms with Crippen LogP contribution in [0.15, 0.2) is 36.3 Å². The highest BCUT2D eigenvalue weighted by molar-refractivity contribution is 6.25. The number of aliphatic hydroxyl groups excluding tert-OH is 2. The average Bonchev–Trinajstić information content (AvgIpc) is 2.84. The molecule has 1 aliphatic rings. The molecule has 0 bridgehead atoms. The maximum absolute atomic E-state index is 9.23. The van der Waals surface area contributed by atoms with Crippen LogP contribution in [0.3, 0.4) is 0 Å². The van der Waals surface area contributed by atoms with E-state index in [1.165, 1.54) is 0 Å². The summed E-state index contributed by atoms with van der Waals surface area (Å²) in [7, 11) is 1.95. The second-order valence-electron chi connectivity index (χ2n) is 5.28. The number of allylic oxidation sites excluding steroid dienone is 1. The molecule has 1 aliphatic carbocycles. The molecule has 6 heteroatoms. The van der Waals surface area contributed by atoms with Crippen LogP contribution in [0.4, 0.5) is 0 Å². The molecule has 1 aromatic heterocycles. The van der Waals surface area contributed by atoms with E-state index in [4.69, 9.17) is 17.3 Å². The molecule has 1 heterocycles. The topological polar surface area (TPSA) is 74.7 Å². The minimum atomic E-state index is -0.904. The van der Waals surface area contributed by atoms with E-state index < -0.39 is 5.00 Å². The van der Waals surface area contributed by atoms with Gasteiger partial charge in [-0.15, -0.1) is 0 Å². The molecule has 0 radical (unpaired) electrons. The van der Waals surface area contributed by atoms with Gasteiger partial charge in [-0.1, -0.05) is 17.7 Å². The predicted molar refractivity (Wildman–Crippen MR) is 84.6 cm³/mol. The van der Waals surface area contributed by atoms with E-state index in [9.17, 15) is 10.2 Å². The zero-order valence-electron chi connectivity index (χ0n) is 12.2. The van der Waals surface area contributed by atoms with Crippen molar-refractivity contribution < 1.29 is 10.2 Å². The number of nitrogens with two attached hydrogens (primary N) is 1. The molecule has 0 fully saturated rings. The summed E-state index contributed by atoms with van der Waals surface area (Å²) in [6.45, 7) is 0.953. The Labute approximate surface area is 129 Å². The van der Waals surface area contributed by atoms with Gasteiger partial charge in [-0.2, -0.15) is 0 Å². The van der Waals surface area contributed by atoms with E-state index in [2.05, 4.69) is 0 Å². The Morgan fingerprint density at radius 3 is 2.57 bits per heavy atom. The van der Waals surface area contributed by atoms with Gasteiger partial charge in [0.25, 0.3) is 0 Å². The van der Waals surface area contributed by atoms with Crippen molar-refractivity contribution in [3.05, 3.63) is 41.9 Å². The van der Waals surface area contributed by atoms with E-state index in [1.54, 1.807) is 0 Å². The van der Waals surface area contributed by atoms with Crippen LogP contribution < -0.4 is 5.73 Å². The molecular formula is C15H22ClN3O2. The third-order valence-corrected chi connectivity index (χ3v) is 3.76. The Balaban J connectivity index is 2.38. The first kappa shape index (κ1) is 16.1. The molecule has 0 aromatic carbocycles. The Morgan fingerprint density at radius 2 is 2.05 bits per heavy atom.